The van der Waals surface area contributed by atoms with Gasteiger partial charge in [0, 0.05) is 11.8 Å². The first-order chi connectivity index (χ1) is 9.65. The van der Waals surface area contributed by atoms with E-state index < -0.39 is 0 Å². The highest BCUT2D eigenvalue weighted by Crippen LogP contribution is 2.27. The minimum absolute atomic E-state index is 0.0254. The van der Waals surface area contributed by atoms with Crippen molar-refractivity contribution in [2.24, 2.45) is 0 Å². The van der Waals surface area contributed by atoms with Gasteiger partial charge in [0.25, 0.3) is 0 Å². The number of nitrogen functional groups attached to an aromatic ring is 1. The molecular weight excluding hydrogens is 254 g/mol. The number of likely N-dealkylation sites (tertiary alicyclic amines) is 1. The maximum atomic E-state index is 12.4. The lowest BCUT2D eigenvalue weighted by atomic mass is 10.1. The molecule has 3 N–H and O–H groups in total. The van der Waals surface area contributed by atoms with Crippen molar-refractivity contribution >= 4 is 17.3 Å². The zero-order chi connectivity index (χ0) is 14.5. The molecule has 0 aromatic heterocycles. The average molecular weight is 277 g/mol. The standard InChI is InChI=1S/C15H23N3O2/c1-3-13(18-8-4-5-9-18)15(19)17-12-7-6-11(16)10-14(12)20-2/h6-7,10,13H,3-5,8-9,16H2,1-2H3,(H,17,19). The predicted octanol–water partition coefficient (Wildman–Crippen LogP) is 2.09. The van der Waals surface area contributed by atoms with Gasteiger partial charge in [-0.05, 0) is 44.5 Å². The quantitative estimate of drug-likeness (QED) is 0.809. The normalized spacial score (nSPS) is 16.9. The molecule has 1 aromatic rings. The minimum Gasteiger partial charge on any atom is -0.494 e. The van der Waals surface area contributed by atoms with E-state index in [1.807, 2.05) is 6.92 Å². The van der Waals surface area contributed by atoms with E-state index in [1.54, 1.807) is 25.3 Å². The number of amides is 1. The SMILES string of the molecule is CCC(C(=O)Nc1ccc(N)cc1OC)N1CCCC1. The van der Waals surface area contributed by atoms with Crippen LogP contribution in [-0.4, -0.2) is 37.0 Å². The summed E-state index contributed by atoms with van der Waals surface area (Å²) in [7, 11) is 1.57. The Morgan fingerprint density at radius 1 is 1.45 bits per heavy atom. The molecule has 2 rings (SSSR count). The summed E-state index contributed by atoms with van der Waals surface area (Å²) >= 11 is 0. The monoisotopic (exact) mass is 277 g/mol. The van der Waals surface area contributed by atoms with Crippen molar-refractivity contribution < 1.29 is 9.53 Å². The lowest BCUT2D eigenvalue weighted by molar-refractivity contribution is -0.121. The second kappa shape index (κ2) is 6.61. The molecule has 1 heterocycles. The summed E-state index contributed by atoms with van der Waals surface area (Å²) in [6.07, 6.45) is 3.16. The molecule has 0 spiro atoms. The van der Waals surface area contributed by atoms with Crippen LogP contribution in [0.5, 0.6) is 5.75 Å². The van der Waals surface area contributed by atoms with Crippen LogP contribution in [0.1, 0.15) is 26.2 Å². The fraction of sp³-hybridized carbons (Fsp3) is 0.533. The van der Waals surface area contributed by atoms with E-state index in [0.717, 1.165) is 19.5 Å². The number of hydrogen-bond acceptors (Lipinski definition) is 4. The topological polar surface area (TPSA) is 67.6 Å². The fourth-order valence-electron chi connectivity index (χ4n) is 2.69. The largest absolute Gasteiger partial charge is 0.494 e. The van der Waals surface area contributed by atoms with Gasteiger partial charge < -0.3 is 15.8 Å². The van der Waals surface area contributed by atoms with Crippen LogP contribution in [0.3, 0.4) is 0 Å². The number of nitrogens with zero attached hydrogens (tertiary/aromatic N) is 1. The van der Waals surface area contributed by atoms with Crippen LogP contribution in [0.2, 0.25) is 0 Å². The first kappa shape index (κ1) is 14.7. The number of hydrogen-bond donors (Lipinski definition) is 2. The van der Waals surface area contributed by atoms with Gasteiger partial charge in [0.15, 0.2) is 0 Å². The zero-order valence-electron chi connectivity index (χ0n) is 12.2. The van der Waals surface area contributed by atoms with Crippen LogP contribution in [0, 0.1) is 0 Å². The third-order valence-corrected chi connectivity index (χ3v) is 3.75. The van der Waals surface area contributed by atoms with Crippen LogP contribution in [0.25, 0.3) is 0 Å². The van der Waals surface area contributed by atoms with Gasteiger partial charge in [0.1, 0.15) is 5.75 Å². The summed E-state index contributed by atoms with van der Waals surface area (Å²) in [5.41, 5.74) is 7.01. The molecule has 1 aromatic carbocycles. The molecule has 1 atom stereocenters. The van der Waals surface area contributed by atoms with Gasteiger partial charge >= 0.3 is 0 Å². The van der Waals surface area contributed by atoms with E-state index in [0.29, 0.717) is 17.1 Å². The van der Waals surface area contributed by atoms with Gasteiger partial charge in [-0.3, -0.25) is 9.69 Å². The number of ether oxygens (including phenoxy) is 1. The fourth-order valence-corrected chi connectivity index (χ4v) is 2.69. The van der Waals surface area contributed by atoms with Crippen molar-refractivity contribution in [2.45, 2.75) is 32.2 Å². The van der Waals surface area contributed by atoms with Gasteiger partial charge in [0.05, 0.1) is 18.8 Å². The third-order valence-electron chi connectivity index (χ3n) is 3.75. The summed E-state index contributed by atoms with van der Waals surface area (Å²) in [6, 6.07) is 5.18. The number of rotatable bonds is 5. The summed E-state index contributed by atoms with van der Waals surface area (Å²) in [5.74, 6) is 0.618. The van der Waals surface area contributed by atoms with Gasteiger partial charge in [0.2, 0.25) is 5.91 Å². The average Bonchev–Trinajstić information content (AvgIpc) is 2.95. The Balaban J connectivity index is 2.09. The number of methoxy groups -OCH3 is 1. The van der Waals surface area contributed by atoms with Gasteiger partial charge in [-0.1, -0.05) is 6.92 Å². The number of benzene rings is 1. The molecule has 1 fully saturated rings. The first-order valence-electron chi connectivity index (χ1n) is 7.14. The molecule has 20 heavy (non-hydrogen) atoms. The van der Waals surface area contributed by atoms with Gasteiger partial charge in [-0.25, -0.2) is 0 Å². The molecular formula is C15H23N3O2. The molecule has 0 aliphatic carbocycles. The smallest absolute Gasteiger partial charge is 0.241 e. The predicted molar refractivity (Wildman–Crippen MR) is 80.9 cm³/mol. The molecule has 1 aliphatic rings. The highest BCUT2D eigenvalue weighted by molar-refractivity contribution is 5.96. The zero-order valence-corrected chi connectivity index (χ0v) is 12.2. The summed E-state index contributed by atoms with van der Waals surface area (Å²) < 4.78 is 5.26. The molecule has 1 amide bonds. The Bertz CT molecular complexity index is 470. The van der Waals surface area contributed by atoms with Gasteiger partial charge in [-0.2, -0.15) is 0 Å². The lowest BCUT2D eigenvalue weighted by Gasteiger charge is -2.25. The summed E-state index contributed by atoms with van der Waals surface area (Å²) in [5, 5.41) is 2.96. The second-order valence-electron chi connectivity index (χ2n) is 5.12. The van der Waals surface area contributed by atoms with E-state index in [9.17, 15) is 4.79 Å². The Hall–Kier alpha value is -1.75. The summed E-state index contributed by atoms with van der Waals surface area (Å²) in [4.78, 5) is 14.7. The van der Waals surface area contributed by atoms with E-state index in [2.05, 4.69) is 10.2 Å². The maximum absolute atomic E-state index is 12.4. The van der Waals surface area contributed by atoms with E-state index in [4.69, 9.17) is 10.5 Å². The Morgan fingerprint density at radius 3 is 2.75 bits per heavy atom. The third kappa shape index (κ3) is 3.22. The van der Waals surface area contributed by atoms with Crippen LogP contribution in [0.15, 0.2) is 18.2 Å². The van der Waals surface area contributed by atoms with Crippen molar-refractivity contribution in [2.75, 3.05) is 31.2 Å². The summed E-state index contributed by atoms with van der Waals surface area (Å²) in [6.45, 7) is 4.05. The van der Waals surface area contributed by atoms with Gasteiger partial charge in [-0.15, -0.1) is 0 Å². The molecule has 5 heteroatoms. The van der Waals surface area contributed by atoms with Crippen LogP contribution < -0.4 is 15.8 Å². The number of nitrogens with two attached hydrogens (primary N) is 1. The molecule has 0 radical (unpaired) electrons. The van der Waals surface area contributed by atoms with E-state index in [-0.39, 0.29) is 11.9 Å². The molecule has 1 aliphatic heterocycles. The molecule has 110 valence electrons. The molecule has 1 unspecified atom stereocenters. The minimum atomic E-state index is -0.0697. The number of carbonyl (C=O) groups is 1. The van der Waals surface area contributed by atoms with Crippen molar-refractivity contribution in [1.82, 2.24) is 4.90 Å². The van der Waals surface area contributed by atoms with Crippen LogP contribution in [-0.2, 0) is 4.79 Å². The van der Waals surface area contributed by atoms with E-state index in [1.165, 1.54) is 12.8 Å². The second-order valence-corrected chi connectivity index (χ2v) is 5.12. The molecule has 1 saturated heterocycles. The molecule has 0 saturated carbocycles. The van der Waals surface area contributed by atoms with Crippen molar-refractivity contribution in [1.29, 1.82) is 0 Å². The highest BCUT2D eigenvalue weighted by atomic mass is 16.5. The first-order valence-corrected chi connectivity index (χ1v) is 7.14. The molecule has 0 bridgehead atoms. The van der Waals surface area contributed by atoms with Crippen molar-refractivity contribution in [3.8, 4) is 5.75 Å². The molecule has 5 nitrogen and oxygen atoms in total. The number of carbonyl (C=O) groups excluding carboxylic acids is 1. The Labute approximate surface area is 120 Å². The van der Waals surface area contributed by atoms with Crippen molar-refractivity contribution in [3.05, 3.63) is 18.2 Å². The van der Waals surface area contributed by atoms with Crippen LogP contribution >= 0.6 is 0 Å². The van der Waals surface area contributed by atoms with E-state index >= 15 is 0 Å². The Morgan fingerprint density at radius 2 is 2.15 bits per heavy atom. The van der Waals surface area contributed by atoms with Crippen molar-refractivity contribution in [3.63, 3.8) is 0 Å². The number of nitrogens with one attached hydrogen (secondary N) is 1. The lowest BCUT2D eigenvalue weighted by Crippen LogP contribution is -2.42. The Kier molecular flexibility index (Phi) is 4.84. The maximum Gasteiger partial charge on any atom is 0.241 e. The highest BCUT2D eigenvalue weighted by Gasteiger charge is 2.27. The number of anilines is 2. The van der Waals surface area contributed by atoms with Crippen LogP contribution in [0.4, 0.5) is 11.4 Å².